The van der Waals surface area contributed by atoms with Gasteiger partial charge in [0.15, 0.2) is 0 Å². The van der Waals surface area contributed by atoms with Crippen LogP contribution in [-0.2, 0) is 4.79 Å². The molecule has 0 unspecified atom stereocenters. The van der Waals surface area contributed by atoms with Crippen molar-refractivity contribution in [2.45, 2.75) is 65.2 Å². The molecule has 1 amide bonds. The molecule has 94 valence electrons. The zero-order valence-electron chi connectivity index (χ0n) is 10.9. The van der Waals surface area contributed by atoms with E-state index in [4.69, 9.17) is 0 Å². The van der Waals surface area contributed by atoms with E-state index in [-0.39, 0.29) is 5.91 Å². The van der Waals surface area contributed by atoms with Gasteiger partial charge in [0, 0.05) is 13.5 Å². The summed E-state index contributed by atoms with van der Waals surface area (Å²) in [5, 5.41) is 2.75. The normalized spacial score (nSPS) is 10.9. The number of carbonyl (C=O) groups excluding carboxylic acids is 1. The number of hydrogen-bond donors (Lipinski definition) is 1. The summed E-state index contributed by atoms with van der Waals surface area (Å²) in [6.07, 6.45) is 14.9. The average molecular weight is 225 g/mol. The molecule has 2 heteroatoms. The monoisotopic (exact) mass is 225 g/mol. The number of unbranched alkanes of at least 4 members (excludes halogenated alkanes) is 7. The topological polar surface area (TPSA) is 29.1 Å². The molecule has 0 aliphatic heterocycles. The molecule has 0 heterocycles. The van der Waals surface area contributed by atoms with Gasteiger partial charge in [-0.15, -0.1) is 0 Å². The van der Waals surface area contributed by atoms with Crippen molar-refractivity contribution >= 4 is 5.91 Å². The van der Waals surface area contributed by atoms with E-state index in [0.717, 1.165) is 6.42 Å². The molecular formula is C14H27NO. The van der Waals surface area contributed by atoms with E-state index >= 15 is 0 Å². The first-order valence-electron chi connectivity index (χ1n) is 6.66. The molecule has 0 aliphatic carbocycles. The molecule has 0 radical (unpaired) electrons. The minimum atomic E-state index is 0.0422. The van der Waals surface area contributed by atoms with Crippen LogP contribution in [0.25, 0.3) is 0 Å². The van der Waals surface area contributed by atoms with Crippen LogP contribution in [0, 0.1) is 0 Å². The van der Waals surface area contributed by atoms with Crippen molar-refractivity contribution in [3.63, 3.8) is 0 Å². The van der Waals surface area contributed by atoms with Gasteiger partial charge in [0.1, 0.15) is 0 Å². The third-order valence-corrected chi connectivity index (χ3v) is 2.61. The largest absolute Gasteiger partial charge is 0.353 e. The molecule has 0 aromatic rings. The number of rotatable bonds is 10. The third kappa shape index (κ3) is 13.2. The van der Waals surface area contributed by atoms with Gasteiger partial charge in [-0.05, 0) is 12.8 Å². The fourth-order valence-corrected chi connectivity index (χ4v) is 1.62. The predicted molar refractivity (Wildman–Crippen MR) is 70.4 cm³/mol. The van der Waals surface area contributed by atoms with E-state index in [1.165, 1.54) is 44.9 Å². The highest BCUT2D eigenvalue weighted by Crippen LogP contribution is 2.08. The number of allylic oxidation sites excluding steroid dienone is 1. The van der Waals surface area contributed by atoms with Crippen molar-refractivity contribution in [3.05, 3.63) is 12.2 Å². The summed E-state index contributed by atoms with van der Waals surface area (Å²) in [7, 11) is 0. The summed E-state index contributed by atoms with van der Waals surface area (Å²) >= 11 is 0. The molecule has 2 nitrogen and oxygen atoms in total. The van der Waals surface area contributed by atoms with E-state index in [0.29, 0.717) is 6.54 Å². The van der Waals surface area contributed by atoms with Gasteiger partial charge in [-0.25, -0.2) is 0 Å². The Morgan fingerprint density at radius 3 is 2.25 bits per heavy atom. The molecule has 0 fully saturated rings. The zero-order chi connectivity index (χ0) is 12.1. The van der Waals surface area contributed by atoms with Gasteiger partial charge >= 0.3 is 0 Å². The average Bonchev–Trinajstić information content (AvgIpc) is 2.25. The first-order valence-corrected chi connectivity index (χ1v) is 6.66. The van der Waals surface area contributed by atoms with Crippen LogP contribution < -0.4 is 5.32 Å². The minimum Gasteiger partial charge on any atom is -0.353 e. The van der Waals surface area contributed by atoms with E-state index < -0.39 is 0 Å². The number of nitrogens with one attached hydrogen (secondary N) is 1. The Labute approximate surface area is 101 Å². The van der Waals surface area contributed by atoms with Crippen molar-refractivity contribution in [1.82, 2.24) is 5.32 Å². The fourth-order valence-electron chi connectivity index (χ4n) is 1.62. The SMILES string of the molecule is CCCCCCCCCC=CCNC(C)=O. The maximum atomic E-state index is 10.6. The van der Waals surface area contributed by atoms with Crippen molar-refractivity contribution in [1.29, 1.82) is 0 Å². The quantitative estimate of drug-likeness (QED) is 0.444. The smallest absolute Gasteiger partial charge is 0.217 e. The second-order valence-electron chi connectivity index (χ2n) is 4.32. The molecule has 16 heavy (non-hydrogen) atoms. The van der Waals surface area contributed by atoms with E-state index in [9.17, 15) is 4.79 Å². The Balaban J connectivity index is 3.05. The molecule has 1 N–H and O–H groups in total. The van der Waals surface area contributed by atoms with Crippen molar-refractivity contribution in [3.8, 4) is 0 Å². The van der Waals surface area contributed by atoms with E-state index in [1.807, 2.05) is 6.08 Å². The molecule has 0 saturated heterocycles. The lowest BCUT2D eigenvalue weighted by molar-refractivity contribution is -0.118. The second-order valence-corrected chi connectivity index (χ2v) is 4.32. The van der Waals surface area contributed by atoms with Crippen LogP contribution >= 0.6 is 0 Å². The van der Waals surface area contributed by atoms with Crippen LogP contribution in [0.1, 0.15) is 65.2 Å². The number of amides is 1. The summed E-state index contributed by atoms with van der Waals surface area (Å²) < 4.78 is 0. The molecule has 0 saturated carbocycles. The first-order chi connectivity index (χ1) is 7.77. The van der Waals surface area contributed by atoms with Crippen LogP contribution in [0.3, 0.4) is 0 Å². The highest BCUT2D eigenvalue weighted by atomic mass is 16.1. The van der Waals surface area contributed by atoms with Crippen molar-refractivity contribution in [2.24, 2.45) is 0 Å². The molecule has 0 atom stereocenters. The maximum Gasteiger partial charge on any atom is 0.217 e. The van der Waals surface area contributed by atoms with Crippen molar-refractivity contribution in [2.75, 3.05) is 6.54 Å². The van der Waals surface area contributed by atoms with Gasteiger partial charge in [0.2, 0.25) is 5.91 Å². The third-order valence-electron chi connectivity index (χ3n) is 2.61. The van der Waals surface area contributed by atoms with Crippen LogP contribution in [0.2, 0.25) is 0 Å². The van der Waals surface area contributed by atoms with Crippen LogP contribution in [0.5, 0.6) is 0 Å². The molecule has 0 rings (SSSR count). The van der Waals surface area contributed by atoms with Gasteiger partial charge in [0.05, 0.1) is 0 Å². The second kappa shape index (κ2) is 12.3. The van der Waals surface area contributed by atoms with E-state index in [2.05, 4.69) is 18.3 Å². The molecule has 0 aliphatic rings. The lowest BCUT2D eigenvalue weighted by Gasteiger charge is -1.99. The summed E-state index contributed by atoms with van der Waals surface area (Å²) in [6, 6.07) is 0. The van der Waals surface area contributed by atoms with Gasteiger partial charge in [-0.3, -0.25) is 4.79 Å². The molecular weight excluding hydrogens is 198 g/mol. The van der Waals surface area contributed by atoms with Crippen LogP contribution in [0.15, 0.2) is 12.2 Å². The Morgan fingerprint density at radius 1 is 1.00 bits per heavy atom. The fraction of sp³-hybridized carbons (Fsp3) is 0.786. The lowest BCUT2D eigenvalue weighted by atomic mass is 10.1. The Kier molecular flexibility index (Phi) is 11.7. The first kappa shape index (κ1) is 15.2. The Bertz CT molecular complexity index is 187. The predicted octanol–water partition coefficient (Wildman–Crippen LogP) is 3.82. The molecule has 0 aromatic heterocycles. The standard InChI is InChI=1S/C14H27NO/c1-3-4-5-6-7-8-9-10-11-12-13-15-14(2)16/h11-12H,3-10,13H2,1-2H3,(H,15,16). The minimum absolute atomic E-state index is 0.0422. The highest BCUT2D eigenvalue weighted by molar-refractivity contribution is 5.72. The number of carbonyl (C=O) groups is 1. The van der Waals surface area contributed by atoms with E-state index in [1.54, 1.807) is 6.92 Å². The van der Waals surface area contributed by atoms with Gasteiger partial charge in [0.25, 0.3) is 0 Å². The Morgan fingerprint density at radius 2 is 1.62 bits per heavy atom. The summed E-state index contributed by atoms with van der Waals surface area (Å²) in [5.74, 6) is 0.0422. The highest BCUT2D eigenvalue weighted by Gasteiger charge is 1.89. The number of hydrogen-bond acceptors (Lipinski definition) is 1. The maximum absolute atomic E-state index is 10.6. The van der Waals surface area contributed by atoms with Gasteiger partial charge in [-0.2, -0.15) is 0 Å². The van der Waals surface area contributed by atoms with Gasteiger partial charge < -0.3 is 5.32 Å². The summed E-state index contributed by atoms with van der Waals surface area (Å²) in [4.78, 5) is 10.6. The van der Waals surface area contributed by atoms with Crippen LogP contribution in [-0.4, -0.2) is 12.5 Å². The Hall–Kier alpha value is -0.790. The molecule has 0 bridgehead atoms. The zero-order valence-corrected chi connectivity index (χ0v) is 10.9. The van der Waals surface area contributed by atoms with Crippen molar-refractivity contribution < 1.29 is 4.79 Å². The molecule has 0 aromatic carbocycles. The summed E-state index contributed by atoms with van der Waals surface area (Å²) in [5.41, 5.74) is 0. The summed E-state index contributed by atoms with van der Waals surface area (Å²) in [6.45, 7) is 4.47. The van der Waals surface area contributed by atoms with Crippen LogP contribution in [0.4, 0.5) is 0 Å². The lowest BCUT2D eigenvalue weighted by Crippen LogP contribution is -2.19. The molecule has 0 spiro atoms. The van der Waals surface area contributed by atoms with Gasteiger partial charge in [-0.1, -0.05) is 57.6 Å².